The van der Waals surface area contributed by atoms with Crippen LogP contribution >= 0.6 is 15.9 Å². The van der Waals surface area contributed by atoms with Crippen LogP contribution in [0.5, 0.6) is 5.88 Å². The predicted molar refractivity (Wildman–Crippen MR) is 84.3 cm³/mol. The molecule has 0 radical (unpaired) electrons. The molecule has 0 spiro atoms. The SMILES string of the molecule is C=C(C)CN(CC)C(=O)Nc1cnc(OC)c(Br)c1C. The molecule has 1 aromatic heterocycles. The highest BCUT2D eigenvalue weighted by Crippen LogP contribution is 2.30. The maximum absolute atomic E-state index is 12.2. The summed E-state index contributed by atoms with van der Waals surface area (Å²) in [6, 6.07) is -0.169. The molecule has 0 bridgehead atoms. The number of urea groups is 1. The van der Waals surface area contributed by atoms with Crippen molar-refractivity contribution in [3.05, 3.63) is 28.4 Å². The number of amides is 2. The molecule has 0 aliphatic rings. The number of rotatable bonds is 5. The second-order valence-electron chi connectivity index (χ2n) is 4.52. The van der Waals surface area contributed by atoms with Crippen molar-refractivity contribution in [2.45, 2.75) is 20.8 Å². The van der Waals surface area contributed by atoms with Crippen molar-refractivity contribution >= 4 is 27.6 Å². The van der Waals surface area contributed by atoms with Gasteiger partial charge < -0.3 is 15.0 Å². The van der Waals surface area contributed by atoms with E-state index in [1.807, 2.05) is 20.8 Å². The molecule has 0 aliphatic carbocycles. The number of halogens is 1. The van der Waals surface area contributed by atoms with Crippen molar-refractivity contribution in [3.63, 3.8) is 0 Å². The molecule has 0 aliphatic heterocycles. The molecule has 1 N–H and O–H groups in total. The van der Waals surface area contributed by atoms with Gasteiger partial charge in [0, 0.05) is 13.1 Å². The van der Waals surface area contributed by atoms with Crippen molar-refractivity contribution in [2.24, 2.45) is 0 Å². The lowest BCUT2D eigenvalue weighted by Gasteiger charge is -2.22. The molecule has 1 aromatic rings. The average Bonchev–Trinajstić information content (AvgIpc) is 2.41. The number of hydrogen-bond acceptors (Lipinski definition) is 3. The monoisotopic (exact) mass is 341 g/mol. The molecule has 0 fully saturated rings. The summed E-state index contributed by atoms with van der Waals surface area (Å²) in [5, 5.41) is 2.86. The number of nitrogens with zero attached hydrogens (tertiary/aromatic N) is 2. The number of carbonyl (C=O) groups is 1. The first-order chi connectivity index (χ1) is 9.40. The Morgan fingerprint density at radius 2 is 2.25 bits per heavy atom. The minimum absolute atomic E-state index is 0.169. The highest BCUT2D eigenvalue weighted by atomic mass is 79.9. The normalized spacial score (nSPS) is 10.1. The zero-order valence-electron chi connectivity index (χ0n) is 12.3. The van der Waals surface area contributed by atoms with Gasteiger partial charge >= 0.3 is 6.03 Å². The summed E-state index contributed by atoms with van der Waals surface area (Å²) in [6.07, 6.45) is 1.59. The van der Waals surface area contributed by atoms with Crippen molar-refractivity contribution < 1.29 is 9.53 Å². The van der Waals surface area contributed by atoms with Crippen molar-refractivity contribution in [1.82, 2.24) is 9.88 Å². The van der Waals surface area contributed by atoms with Crippen LogP contribution in [0.15, 0.2) is 22.8 Å². The number of carbonyl (C=O) groups excluding carboxylic acids is 1. The standard InChI is InChI=1S/C14H20BrN3O2/c1-6-18(8-9(2)3)14(19)17-11-7-16-13(20-5)12(15)10(11)4/h7H,2,6,8H2,1,3-5H3,(H,17,19). The van der Waals surface area contributed by atoms with E-state index in [0.717, 1.165) is 15.6 Å². The third kappa shape index (κ3) is 3.96. The third-order valence-electron chi connectivity index (χ3n) is 2.80. The van der Waals surface area contributed by atoms with Gasteiger partial charge in [-0.15, -0.1) is 0 Å². The zero-order chi connectivity index (χ0) is 15.3. The van der Waals surface area contributed by atoms with Crippen LogP contribution < -0.4 is 10.1 Å². The number of anilines is 1. The number of methoxy groups -OCH3 is 1. The molecule has 6 heteroatoms. The molecular formula is C14H20BrN3O2. The quantitative estimate of drug-likeness (QED) is 0.832. The van der Waals surface area contributed by atoms with Crippen molar-refractivity contribution in [3.8, 4) is 5.88 Å². The van der Waals surface area contributed by atoms with Gasteiger partial charge in [0.2, 0.25) is 5.88 Å². The summed E-state index contributed by atoms with van der Waals surface area (Å²) in [4.78, 5) is 18.0. The second kappa shape index (κ2) is 7.28. The van der Waals surface area contributed by atoms with E-state index in [-0.39, 0.29) is 6.03 Å². The summed E-state index contributed by atoms with van der Waals surface area (Å²) in [6.45, 7) is 10.7. The summed E-state index contributed by atoms with van der Waals surface area (Å²) in [7, 11) is 1.55. The molecule has 0 aromatic carbocycles. The molecule has 0 saturated heterocycles. The molecule has 0 unspecified atom stereocenters. The minimum atomic E-state index is -0.169. The highest BCUT2D eigenvalue weighted by molar-refractivity contribution is 9.10. The Labute approximate surface area is 128 Å². The summed E-state index contributed by atoms with van der Waals surface area (Å²) >= 11 is 3.41. The largest absolute Gasteiger partial charge is 0.480 e. The Hall–Kier alpha value is -1.56. The molecule has 5 nitrogen and oxygen atoms in total. The average molecular weight is 342 g/mol. The van der Waals surface area contributed by atoms with Gasteiger partial charge in [-0.2, -0.15) is 0 Å². The smallest absolute Gasteiger partial charge is 0.322 e. The lowest BCUT2D eigenvalue weighted by atomic mass is 10.2. The van der Waals surface area contributed by atoms with Gasteiger partial charge in [-0.1, -0.05) is 12.2 Å². The van der Waals surface area contributed by atoms with Gasteiger partial charge in [-0.25, -0.2) is 9.78 Å². The first kappa shape index (κ1) is 16.5. The molecule has 0 saturated carbocycles. The van der Waals surface area contributed by atoms with E-state index < -0.39 is 0 Å². The maximum Gasteiger partial charge on any atom is 0.322 e. The van der Waals surface area contributed by atoms with Crippen LogP contribution in [0.4, 0.5) is 10.5 Å². The number of likely N-dealkylation sites (N-methyl/N-ethyl adjacent to an activating group) is 1. The van der Waals surface area contributed by atoms with E-state index in [9.17, 15) is 4.79 Å². The molecule has 110 valence electrons. The van der Waals surface area contributed by atoms with Gasteiger partial charge in [-0.3, -0.25) is 0 Å². The Morgan fingerprint density at radius 1 is 1.60 bits per heavy atom. The number of pyridine rings is 1. The van der Waals surface area contributed by atoms with Crippen LogP contribution in [0.2, 0.25) is 0 Å². The minimum Gasteiger partial charge on any atom is -0.480 e. The molecule has 20 heavy (non-hydrogen) atoms. The van der Waals surface area contributed by atoms with E-state index in [1.54, 1.807) is 18.2 Å². The van der Waals surface area contributed by atoms with Crippen molar-refractivity contribution in [1.29, 1.82) is 0 Å². The molecular weight excluding hydrogens is 322 g/mol. The van der Waals surface area contributed by atoms with Crippen molar-refractivity contribution in [2.75, 3.05) is 25.5 Å². The summed E-state index contributed by atoms with van der Waals surface area (Å²) in [5.41, 5.74) is 2.46. The van der Waals surface area contributed by atoms with E-state index in [1.165, 1.54) is 0 Å². The van der Waals surface area contributed by atoms with Gasteiger partial charge in [-0.05, 0) is 42.3 Å². The van der Waals surface area contributed by atoms with Gasteiger partial charge in [0.15, 0.2) is 0 Å². The van der Waals surface area contributed by atoms with E-state index in [0.29, 0.717) is 24.7 Å². The number of ether oxygens (including phenoxy) is 1. The van der Waals surface area contributed by atoms with Gasteiger partial charge in [0.25, 0.3) is 0 Å². The first-order valence-corrected chi connectivity index (χ1v) is 7.09. The van der Waals surface area contributed by atoms with Crippen LogP contribution in [0, 0.1) is 6.92 Å². The van der Waals surface area contributed by atoms with Gasteiger partial charge in [0.1, 0.15) is 0 Å². The number of aromatic nitrogens is 1. The third-order valence-corrected chi connectivity index (χ3v) is 3.73. The van der Waals surface area contributed by atoms with E-state index in [2.05, 4.69) is 32.8 Å². The fraction of sp³-hybridized carbons (Fsp3) is 0.429. The number of hydrogen-bond donors (Lipinski definition) is 1. The summed E-state index contributed by atoms with van der Waals surface area (Å²) in [5.74, 6) is 0.495. The fourth-order valence-electron chi connectivity index (χ4n) is 1.67. The molecule has 2 amide bonds. The Kier molecular flexibility index (Phi) is 6.01. The van der Waals surface area contributed by atoms with E-state index in [4.69, 9.17) is 4.74 Å². The van der Waals surface area contributed by atoms with Crippen LogP contribution in [-0.2, 0) is 0 Å². The van der Waals surface area contributed by atoms with Gasteiger partial charge in [0.05, 0.1) is 23.5 Å². The van der Waals surface area contributed by atoms with Crippen LogP contribution in [-0.4, -0.2) is 36.1 Å². The topological polar surface area (TPSA) is 54.5 Å². The highest BCUT2D eigenvalue weighted by Gasteiger charge is 2.15. The molecule has 1 rings (SSSR count). The predicted octanol–water partition coefficient (Wildman–Crippen LogP) is 3.59. The zero-order valence-corrected chi connectivity index (χ0v) is 13.9. The lowest BCUT2D eigenvalue weighted by Crippen LogP contribution is -2.36. The fourth-order valence-corrected chi connectivity index (χ4v) is 2.15. The molecule has 1 heterocycles. The second-order valence-corrected chi connectivity index (χ2v) is 5.31. The molecule has 0 atom stereocenters. The Bertz CT molecular complexity index is 517. The Morgan fingerprint density at radius 3 is 2.75 bits per heavy atom. The summed E-state index contributed by atoms with van der Waals surface area (Å²) < 4.78 is 5.85. The first-order valence-electron chi connectivity index (χ1n) is 6.30. The lowest BCUT2D eigenvalue weighted by molar-refractivity contribution is 0.218. The van der Waals surface area contributed by atoms with Crippen LogP contribution in [0.1, 0.15) is 19.4 Å². The van der Waals surface area contributed by atoms with E-state index >= 15 is 0 Å². The Balaban J connectivity index is 2.90. The van der Waals surface area contributed by atoms with Crippen LogP contribution in [0.25, 0.3) is 0 Å². The number of nitrogens with one attached hydrogen (secondary N) is 1. The van der Waals surface area contributed by atoms with Crippen LogP contribution in [0.3, 0.4) is 0 Å². The maximum atomic E-state index is 12.2.